The number of anilines is 1. The van der Waals surface area contributed by atoms with E-state index in [2.05, 4.69) is 31.3 Å². The van der Waals surface area contributed by atoms with E-state index in [1.165, 1.54) is 5.56 Å². The Morgan fingerprint density at radius 2 is 1.81 bits per heavy atom. The van der Waals surface area contributed by atoms with Gasteiger partial charge >= 0.3 is 0 Å². The number of benzene rings is 2. The van der Waals surface area contributed by atoms with Crippen molar-refractivity contribution in [1.29, 1.82) is 0 Å². The molecule has 110 valence electrons. The molecule has 2 aromatic carbocycles. The van der Waals surface area contributed by atoms with Crippen LogP contribution in [0.5, 0.6) is 0 Å². The monoisotopic (exact) mass is 282 g/mol. The third-order valence-corrected chi connectivity index (χ3v) is 3.79. The SMILES string of the molecule is Cc1ccc(C(=O)NCC(C)(C)c2ccccc2)cc1N. The summed E-state index contributed by atoms with van der Waals surface area (Å²) in [6.45, 7) is 6.73. The molecule has 0 fully saturated rings. The number of rotatable bonds is 4. The Morgan fingerprint density at radius 1 is 1.14 bits per heavy atom. The van der Waals surface area contributed by atoms with Crippen molar-refractivity contribution in [2.24, 2.45) is 0 Å². The first-order valence-corrected chi connectivity index (χ1v) is 7.10. The largest absolute Gasteiger partial charge is 0.398 e. The minimum Gasteiger partial charge on any atom is -0.398 e. The Morgan fingerprint density at radius 3 is 2.43 bits per heavy atom. The first-order chi connectivity index (χ1) is 9.90. The molecule has 0 atom stereocenters. The smallest absolute Gasteiger partial charge is 0.251 e. The Bertz CT molecular complexity index is 633. The number of carbonyl (C=O) groups excluding carboxylic acids is 1. The maximum atomic E-state index is 12.2. The van der Waals surface area contributed by atoms with E-state index < -0.39 is 0 Å². The number of nitrogens with one attached hydrogen (secondary N) is 1. The summed E-state index contributed by atoms with van der Waals surface area (Å²) in [6.07, 6.45) is 0. The third-order valence-electron chi connectivity index (χ3n) is 3.79. The van der Waals surface area contributed by atoms with Gasteiger partial charge in [0.25, 0.3) is 5.91 Å². The van der Waals surface area contributed by atoms with Crippen molar-refractivity contribution in [2.75, 3.05) is 12.3 Å². The molecule has 0 aliphatic heterocycles. The highest BCUT2D eigenvalue weighted by Crippen LogP contribution is 2.22. The lowest BCUT2D eigenvalue weighted by Gasteiger charge is -2.25. The van der Waals surface area contributed by atoms with Gasteiger partial charge in [0.1, 0.15) is 0 Å². The lowest BCUT2D eigenvalue weighted by Crippen LogP contribution is -2.36. The molecule has 0 radical (unpaired) electrons. The summed E-state index contributed by atoms with van der Waals surface area (Å²) in [4.78, 5) is 12.2. The molecule has 0 spiro atoms. The molecule has 0 aliphatic carbocycles. The fourth-order valence-electron chi connectivity index (χ4n) is 2.18. The van der Waals surface area contributed by atoms with Crippen molar-refractivity contribution >= 4 is 11.6 Å². The van der Waals surface area contributed by atoms with Gasteiger partial charge in [-0.3, -0.25) is 4.79 Å². The molecule has 0 bridgehead atoms. The molecule has 3 N–H and O–H groups in total. The van der Waals surface area contributed by atoms with Gasteiger partial charge in [0.05, 0.1) is 0 Å². The van der Waals surface area contributed by atoms with Gasteiger partial charge in [-0.15, -0.1) is 0 Å². The van der Waals surface area contributed by atoms with E-state index in [1.54, 1.807) is 12.1 Å². The van der Waals surface area contributed by atoms with Crippen LogP contribution in [0, 0.1) is 6.92 Å². The molecule has 0 aliphatic rings. The lowest BCUT2D eigenvalue weighted by atomic mass is 9.84. The van der Waals surface area contributed by atoms with Crippen molar-refractivity contribution in [3.8, 4) is 0 Å². The van der Waals surface area contributed by atoms with E-state index >= 15 is 0 Å². The molecule has 0 saturated heterocycles. The lowest BCUT2D eigenvalue weighted by molar-refractivity contribution is 0.0945. The normalized spacial score (nSPS) is 11.2. The van der Waals surface area contributed by atoms with Crippen LogP contribution in [-0.2, 0) is 5.41 Å². The fourth-order valence-corrected chi connectivity index (χ4v) is 2.18. The van der Waals surface area contributed by atoms with E-state index in [-0.39, 0.29) is 11.3 Å². The standard InChI is InChI=1S/C18H22N2O/c1-13-9-10-14(11-16(13)19)17(21)20-12-18(2,3)15-7-5-4-6-8-15/h4-11H,12,19H2,1-3H3,(H,20,21). The molecule has 0 aromatic heterocycles. The van der Waals surface area contributed by atoms with E-state index in [0.717, 1.165) is 5.56 Å². The van der Waals surface area contributed by atoms with Gasteiger partial charge in [0.2, 0.25) is 0 Å². The fraction of sp³-hybridized carbons (Fsp3) is 0.278. The Balaban J connectivity index is 2.05. The summed E-state index contributed by atoms with van der Waals surface area (Å²) < 4.78 is 0. The average molecular weight is 282 g/mol. The van der Waals surface area contributed by atoms with Gasteiger partial charge in [-0.1, -0.05) is 50.2 Å². The van der Waals surface area contributed by atoms with Crippen LogP contribution in [0.4, 0.5) is 5.69 Å². The number of amides is 1. The highest BCUT2D eigenvalue weighted by atomic mass is 16.1. The van der Waals surface area contributed by atoms with E-state index in [0.29, 0.717) is 17.8 Å². The molecule has 21 heavy (non-hydrogen) atoms. The summed E-state index contributed by atoms with van der Waals surface area (Å²) in [5.74, 6) is -0.0919. The predicted octanol–water partition coefficient (Wildman–Crippen LogP) is 3.28. The van der Waals surface area contributed by atoms with Crippen LogP contribution < -0.4 is 11.1 Å². The van der Waals surface area contributed by atoms with Crippen molar-refractivity contribution in [2.45, 2.75) is 26.2 Å². The molecule has 0 unspecified atom stereocenters. The highest BCUT2D eigenvalue weighted by Gasteiger charge is 2.21. The number of nitrogen functional groups attached to an aromatic ring is 1. The zero-order valence-electron chi connectivity index (χ0n) is 12.8. The number of aryl methyl sites for hydroxylation is 1. The second kappa shape index (κ2) is 6.00. The van der Waals surface area contributed by atoms with Gasteiger partial charge in [0.15, 0.2) is 0 Å². The van der Waals surface area contributed by atoms with Gasteiger partial charge in [-0.25, -0.2) is 0 Å². The first kappa shape index (κ1) is 15.1. The Labute approximate surface area is 126 Å². The Hall–Kier alpha value is -2.29. The summed E-state index contributed by atoms with van der Waals surface area (Å²) in [5, 5.41) is 2.99. The van der Waals surface area contributed by atoms with Crippen molar-refractivity contribution < 1.29 is 4.79 Å². The topological polar surface area (TPSA) is 55.1 Å². The van der Waals surface area contributed by atoms with Crippen molar-refractivity contribution in [3.05, 3.63) is 65.2 Å². The van der Waals surface area contributed by atoms with Gasteiger partial charge in [0, 0.05) is 23.2 Å². The predicted molar refractivity (Wildman–Crippen MR) is 87.4 cm³/mol. The zero-order valence-corrected chi connectivity index (χ0v) is 12.8. The summed E-state index contributed by atoms with van der Waals surface area (Å²) in [5.41, 5.74) is 9.16. The van der Waals surface area contributed by atoms with Crippen molar-refractivity contribution in [3.63, 3.8) is 0 Å². The number of hydrogen-bond acceptors (Lipinski definition) is 2. The van der Waals surface area contributed by atoms with Crippen molar-refractivity contribution in [1.82, 2.24) is 5.32 Å². The molecule has 3 nitrogen and oxygen atoms in total. The minimum absolute atomic E-state index is 0.0919. The molecule has 0 saturated carbocycles. The van der Waals surface area contributed by atoms with E-state index in [9.17, 15) is 4.79 Å². The third kappa shape index (κ3) is 3.63. The highest BCUT2D eigenvalue weighted by molar-refractivity contribution is 5.95. The Kier molecular flexibility index (Phi) is 4.32. The maximum Gasteiger partial charge on any atom is 0.251 e. The van der Waals surface area contributed by atoms with Gasteiger partial charge < -0.3 is 11.1 Å². The number of hydrogen-bond donors (Lipinski definition) is 2. The summed E-state index contributed by atoms with van der Waals surface area (Å²) in [7, 11) is 0. The minimum atomic E-state index is -0.118. The second-order valence-corrected chi connectivity index (χ2v) is 6.00. The number of nitrogens with two attached hydrogens (primary N) is 1. The average Bonchev–Trinajstić information content (AvgIpc) is 2.48. The van der Waals surface area contributed by atoms with Crippen LogP contribution in [0.2, 0.25) is 0 Å². The first-order valence-electron chi connectivity index (χ1n) is 7.10. The molecule has 2 aromatic rings. The molecule has 3 heteroatoms. The van der Waals surface area contributed by atoms with Crippen LogP contribution in [0.3, 0.4) is 0 Å². The molecule has 2 rings (SSSR count). The van der Waals surface area contributed by atoms with Crippen LogP contribution in [0.25, 0.3) is 0 Å². The van der Waals surface area contributed by atoms with Crippen LogP contribution in [-0.4, -0.2) is 12.5 Å². The second-order valence-electron chi connectivity index (χ2n) is 6.00. The zero-order chi connectivity index (χ0) is 15.5. The summed E-state index contributed by atoms with van der Waals surface area (Å²) in [6, 6.07) is 15.6. The van der Waals surface area contributed by atoms with Crippen LogP contribution >= 0.6 is 0 Å². The van der Waals surface area contributed by atoms with Gasteiger partial charge in [-0.05, 0) is 30.2 Å². The molecule has 1 amide bonds. The van der Waals surface area contributed by atoms with E-state index in [1.807, 2.05) is 31.2 Å². The van der Waals surface area contributed by atoms with Crippen LogP contribution in [0.15, 0.2) is 48.5 Å². The summed E-state index contributed by atoms with van der Waals surface area (Å²) >= 11 is 0. The maximum absolute atomic E-state index is 12.2. The number of carbonyl (C=O) groups is 1. The molecule has 0 heterocycles. The van der Waals surface area contributed by atoms with Crippen LogP contribution in [0.1, 0.15) is 35.3 Å². The molecular weight excluding hydrogens is 260 g/mol. The molecular formula is C18H22N2O. The van der Waals surface area contributed by atoms with E-state index in [4.69, 9.17) is 5.73 Å². The van der Waals surface area contributed by atoms with Gasteiger partial charge in [-0.2, -0.15) is 0 Å². The quantitative estimate of drug-likeness (QED) is 0.845.